The van der Waals surface area contributed by atoms with E-state index in [1.165, 1.54) is 25.0 Å². The summed E-state index contributed by atoms with van der Waals surface area (Å²) in [5.41, 5.74) is 0.927. The van der Waals surface area contributed by atoms with Crippen LogP contribution < -0.4 is 4.90 Å². The minimum atomic E-state index is -3.25. The summed E-state index contributed by atoms with van der Waals surface area (Å²) in [7, 11) is -3.25. The Hall–Kier alpha value is -1.58. The zero-order chi connectivity index (χ0) is 18.1. The van der Waals surface area contributed by atoms with Crippen molar-refractivity contribution in [2.75, 3.05) is 36.8 Å². The molecular formula is C19H27FN2O2S. The standard InChI is InChI=1S/C19H27FN2O2S/c1-2-3-4-5-6-7-8-17-25(23,24)22-15-13-21(14-16-22)19-11-9-18(20)10-12-19/h9-12H,2-5,8,13-17H2,1H3. The van der Waals surface area contributed by atoms with Gasteiger partial charge in [0.05, 0.1) is 5.75 Å². The third-order valence-electron chi connectivity index (χ3n) is 4.34. The van der Waals surface area contributed by atoms with Crippen LogP contribution in [0.3, 0.4) is 0 Å². The van der Waals surface area contributed by atoms with E-state index in [0.29, 0.717) is 32.6 Å². The second-order valence-corrected chi connectivity index (χ2v) is 8.33. The van der Waals surface area contributed by atoms with Gasteiger partial charge in [0.1, 0.15) is 5.82 Å². The average Bonchev–Trinajstić information content (AvgIpc) is 2.62. The van der Waals surface area contributed by atoms with E-state index < -0.39 is 10.0 Å². The lowest BCUT2D eigenvalue weighted by Gasteiger charge is -2.35. The molecule has 4 nitrogen and oxygen atoms in total. The molecule has 138 valence electrons. The van der Waals surface area contributed by atoms with Crippen LogP contribution in [0.15, 0.2) is 24.3 Å². The van der Waals surface area contributed by atoms with Crippen LogP contribution in [0, 0.1) is 17.7 Å². The number of nitrogens with zero attached hydrogens (tertiary/aromatic N) is 2. The molecule has 0 saturated carbocycles. The van der Waals surface area contributed by atoms with Crippen molar-refractivity contribution in [3.05, 3.63) is 30.1 Å². The first-order valence-corrected chi connectivity index (χ1v) is 10.6. The topological polar surface area (TPSA) is 40.6 Å². The molecule has 0 atom stereocenters. The van der Waals surface area contributed by atoms with Gasteiger partial charge in [-0.3, -0.25) is 0 Å². The Morgan fingerprint density at radius 1 is 1.00 bits per heavy atom. The molecule has 1 aliphatic rings. The molecule has 0 spiro atoms. The summed E-state index contributed by atoms with van der Waals surface area (Å²) in [6.45, 7) is 4.31. The van der Waals surface area contributed by atoms with Gasteiger partial charge in [-0.15, -0.1) is 11.8 Å². The lowest BCUT2D eigenvalue weighted by molar-refractivity contribution is 0.385. The molecule has 1 aromatic carbocycles. The fourth-order valence-electron chi connectivity index (χ4n) is 2.83. The Kier molecular flexibility index (Phi) is 7.73. The molecule has 0 amide bonds. The molecule has 1 saturated heterocycles. The third-order valence-corrected chi connectivity index (χ3v) is 6.21. The Bertz CT molecular complexity index is 684. The quantitative estimate of drug-likeness (QED) is 0.549. The summed E-state index contributed by atoms with van der Waals surface area (Å²) < 4.78 is 39.3. The molecule has 0 bridgehead atoms. The van der Waals surface area contributed by atoms with Crippen molar-refractivity contribution in [3.63, 3.8) is 0 Å². The monoisotopic (exact) mass is 366 g/mol. The molecule has 0 aromatic heterocycles. The minimum Gasteiger partial charge on any atom is -0.369 e. The maximum absolute atomic E-state index is 13.0. The number of halogens is 1. The predicted octanol–water partition coefficient (Wildman–Crippen LogP) is 3.25. The SMILES string of the molecule is CCCCCC#CCCS(=O)(=O)N1CCN(c2ccc(F)cc2)CC1. The van der Waals surface area contributed by atoms with E-state index in [4.69, 9.17) is 0 Å². The van der Waals surface area contributed by atoms with Crippen LogP contribution in [0.25, 0.3) is 0 Å². The van der Waals surface area contributed by atoms with Crippen molar-refractivity contribution >= 4 is 15.7 Å². The van der Waals surface area contributed by atoms with Gasteiger partial charge in [0.25, 0.3) is 0 Å². The molecule has 1 heterocycles. The zero-order valence-electron chi connectivity index (χ0n) is 14.9. The van der Waals surface area contributed by atoms with Crippen molar-refractivity contribution in [3.8, 4) is 11.8 Å². The highest BCUT2D eigenvalue weighted by molar-refractivity contribution is 7.89. The minimum absolute atomic E-state index is 0.0876. The molecule has 1 fully saturated rings. The number of sulfonamides is 1. The Balaban J connectivity index is 1.77. The van der Waals surface area contributed by atoms with Crippen LogP contribution in [0.5, 0.6) is 0 Å². The van der Waals surface area contributed by atoms with Crippen molar-refractivity contribution in [1.29, 1.82) is 0 Å². The molecule has 0 radical (unpaired) electrons. The van der Waals surface area contributed by atoms with Crippen molar-refractivity contribution < 1.29 is 12.8 Å². The van der Waals surface area contributed by atoms with Crippen LogP contribution in [0.2, 0.25) is 0 Å². The maximum atomic E-state index is 13.0. The number of rotatable bonds is 7. The lowest BCUT2D eigenvalue weighted by Crippen LogP contribution is -2.49. The van der Waals surface area contributed by atoms with Gasteiger partial charge in [0.15, 0.2) is 0 Å². The Morgan fingerprint density at radius 2 is 1.64 bits per heavy atom. The number of benzene rings is 1. The number of hydrogen-bond acceptors (Lipinski definition) is 3. The molecule has 1 aromatic rings. The van der Waals surface area contributed by atoms with Crippen LogP contribution in [0.4, 0.5) is 10.1 Å². The first-order chi connectivity index (χ1) is 12.0. The van der Waals surface area contributed by atoms with Crippen LogP contribution in [-0.2, 0) is 10.0 Å². The number of unbranched alkanes of at least 4 members (excludes halogenated alkanes) is 3. The first kappa shape index (κ1) is 19.7. The van der Waals surface area contributed by atoms with E-state index in [1.54, 1.807) is 16.4 Å². The second-order valence-electron chi connectivity index (χ2n) is 6.24. The van der Waals surface area contributed by atoms with Gasteiger partial charge in [0, 0.05) is 44.7 Å². The van der Waals surface area contributed by atoms with Crippen LogP contribution >= 0.6 is 0 Å². The van der Waals surface area contributed by atoms with Crippen molar-refractivity contribution in [1.82, 2.24) is 4.31 Å². The van der Waals surface area contributed by atoms with Gasteiger partial charge >= 0.3 is 0 Å². The predicted molar refractivity (Wildman–Crippen MR) is 101 cm³/mol. The first-order valence-electron chi connectivity index (χ1n) is 8.97. The zero-order valence-corrected chi connectivity index (χ0v) is 15.7. The van der Waals surface area contributed by atoms with Gasteiger partial charge < -0.3 is 4.90 Å². The number of piperazine rings is 1. The normalized spacial score (nSPS) is 15.7. The van der Waals surface area contributed by atoms with Gasteiger partial charge in [-0.2, -0.15) is 4.31 Å². The highest BCUT2D eigenvalue weighted by Crippen LogP contribution is 2.18. The van der Waals surface area contributed by atoms with Crippen LogP contribution in [0.1, 0.15) is 39.0 Å². The van der Waals surface area contributed by atoms with Gasteiger partial charge in [-0.25, -0.2) is 12.8 Å². The van der Waals surface area contributed by atoms with E-state index in [1.807, 2.05) is 0 Å². The maximum Gasteiger partial charge on any atom is 0.215 e. The molecule has 6 heteroatoms. The second kappa shape index (κ2) is 9.79. The van der Waals surface area contributed by atoms with Crippen molar-refractivity contribution in [2.45, 2.75) is 39.0 Å². The molecule has 0 N–H and O–H groups in total. The summed E-state index contributed by atoms with van der Waals surface area (Å²) in [6.07, 6.45) is 4.67. The molecular weight excluding hydrogens is 339 g/mol. The van der Waals surface area contributed by atoms with E-state index >= 15 is 0 Å². The summed E-state index contributed by atoms with van der Waals surface area (Å²) in [4.78, 5) is 2.08. The van der Waals surface area contributed by atoms with Gasteiger partial charge in [-0.1, -0.05) is 19.8 Å². The fourth-order valence-corrected chi connectivity index (χ4v) is 4.16. The molecule has 0 unspecified atom stereocenters. The largest absolute Gasteiger partial charge is 0.369 e. The summed E-state index contributed by atoms with van der Waals surface area (Å²) >= 11 is 0. The van der Waals surface area contributed by atoms with E-state index in [2.05, 4.69) is 23.7 Å². The Morgan fingerprint density at radius 3 is 2.28 bits per heavy atom. The summed E-state index contributed by atoms with van der Waals surface area (Å²) in [5, 5.41) is 0. The summed E-state index contributed by atoms with van der Waals surface area (Å²) in [6, 6.07) is 6.32. The summed E-state index contributed by atoms with van der Waals surface area (Å²) in [5.74, 6) is 5.86. The number of anilines is 1. The van der Waals surface area contributed by atoms with E-state index in [0.717, 1.165) is 18.5 Å². The Labute approximate surface area is 151 Å². The fraction of sp³-hybridized carbons (Fsp3) is 0.579. The average molecular weight is 367 g/mol. The lowest BCUT2D eigenvalue weighted by atomic mass is 10.2. The molecule has 1 aliphatic heterocycles. The number of hydrogen-bond donors (Lipinski definition) is 0. The third kappa shape index (κ3) is 6.33. The highest BCUT2D eigenvalue weighted by atomic mass is 32.2. The van der Waals surface area contributed by atoms with Crippen LogP contribution in [-0.4, -0.2) is 44.7 Å². The van der Waals surface area contributed by atoms with E-state index in [9.17, 15) is 12.8 Å². The van der Waals surface area contributed by atoms with Crippen molar-refractivity contribution in [2.24, 2.45) is 0 Å². The molecule has 25 heavy (non-hydrogen) atoms. The van der Waals surface area contributed by atoms with Gasteiger partial charge in [-0.05, 0) is 30.7 Å². The smallest absolute Gasteiger partial charge is 0.215 e. The van der Waals surface area contributed by atoms with Gasteiger partial charge in [0.2, 0.25) is 10.0 Å². The van der Waals surface area contributed by atoms with E-state index in [-0.39, 0.29) is 11.6 Å². The molecule has 0 aliphatic carbocycles. The highest BCUT2D eigenvalue weighted by Gasteiger charge is 2.26. The molecule has 2 rings (SSSR count).